The van der Waals surface area contributed by atoms with E-state index in [1.165, 1.54) is 20.1 Å². The van der Waals surface area contributed by atoms with E-state index >= 15 is 0 Å². The Kier molecular flexibility index (Phi) is 4.86. The second kappa shape index (κ2) is 6.17. The first-order valence-electron chi connectivity index (χ1n) is 5.96. The van der Waals surface area contributed by atoms with Gasteiger partial charge in [0.1, 0.15) is 11.7 Å². The molecule has 1 rings (SSSR count). The number of ether oxygens (including phenoxy) is 1. The monoisotopic (exact) mass is 266 g/mol. The number of carbonyl (C=O) groups excluding carboxylic acids is 3. The van der Waals surface area contributed by atoms with Gasteiger partial charge in [-0.1, -0.05) is 6.92 Å². The van der Waals surface area contributed by atoms with Gasteiger partial charge >= 0.3 is 5.97 Å². The SMILES string of the molecule is CCC(NC(=O)c1cc(C(C)=O)cn1C)C(=O)OC. The number of hydrogen-bond donors (Lipinski definition) is 1. The number of rotatable bonds is 5. The summed E-state index contributed by atoms with van der Waals surface area (Å²) in [5.74, 6) is -1.02. The van der Waals surface area contributed by atoms with Gasteiger partial charge in [-0.2, -0.15) is 0 Å². The first-order chi connectivity index (χ1) is 8.90. The molecule has 0 aliphatic rings. The fraction of sp³-hybridized carbons (Fsp3) is 0.462. The number of nitrogens with one attached hydrogen (secondary N) is 1. The molecule has 1 amide bonds. The van der Waals surface area contributed by atoms with Crippen molar-refractivity contribution in [1.82, 2.24) is 9.88 Å². The van der Waals surface area contributed by atoms with Gasteiger partial charge in [-0.25, -0.2) is 4.79 Å². The predicted molar refractivity (Wildman–Crippen MR) is 69.0 cm³/mol. The molecule has 0 aliphatic carbocycles. The highest BCUT2D eigenvalue weighted by molar-refractivity contribution is 6.00. The highest BCUT2D eigenvalue weighted by Gasteiger charge is 2.22. The minimum Gasteiger partial charge on any atom is -0.467 e. The maximum absolute atomic E-state index is 12.0. The third-order valence-electron chi connectivity index (χ3n) is 2.84. The zero-order chi connectivity index (χ0) is 14.6. The molecule has 104 valence electrons. The van der Waals surface area contributed by atoms with E-state index in [2.05, 4.69) is 10.1 Å². The number of aryl methyl sites for hydroxylation is 1. The summed E-state index contributed by atoms with van der Waals surface area (Å²) >= 11 is 0. The van der Waals surface area contributed by atoms with Gasteiger partial charge in [0.05, 0.1) is 7.11 Å². The van der Waals surface area contributed by atoms with E-state index in [-0.39, 0.29) is 5.78 Å². The zero-order valence-corrected chi connectivity index (χ0v) is 11.5. The Bertz CT molecular complexity index is 505. The van der Waals surface area contributed by atoms with Gasteiger partial charge in [-0.05, 0) is 19.4 Å². The summed E-state index contributed by atoms with van der Waals surface area (Å²) in [7, 11) is 2.94. The minimum atomic E-state index is -0.687. The molecule has 1 N–H and O–H groups in total. The molecule has 1 atom stereocenters. The summed E-state index contributed by atoms with van der Waals surface area (Å²) in [5, 5.41) is 2.58. The van der Waals surface area contributed by atoms with Crippen molar-refractivity contribution in [1.29, 1.82) is 0 Å². The fourth-order valence-electron chi connectivity index (χ4n) is 1.68. The van der Waals surface area contributed by atoms with Gasteiger partial charge in [-0.15, -0.1) is 0 Å². The zero-order valence-electron chi connectivity index (χ0n) is 11.5. The van der Waals surface area contributed by atoms with Crippen molar-refractivity contribution >= 4 is 17.7 Å². The summed E-state index contributed by atoms with van der Waals surface area (Å²) in [6, 6.07) is 0.815. The molecule has 1 heterocycles. The van der Waals surface area contributed by atoms with Crippen LogP contribution in [0.5, 0.6) is 0 Å². The highest BCUT2D eigenvalue weighted by atomic mass is 16.5. The quantitative estimate of drug-likeness (QED) is 0.634. The number of amides is 1. The lowest BCUT2D eigenvalue weighted by Gasteiger charge is -2.14. The first kappa shape index (κ1) is 14.9. The number of methoxy groups -OCH3 is 1. The molecular formula is C13H18N2O4. The van der Waals surface area contributed by atoms with Crippen molar-refractivity contribution in [2.75, 3.05) is 7.11 Å². The summed E-state index contributed by atoms with van der Waals surface area (Å²) < 4.78 is 6.15. The Morgan fingerprint density at radius 1 is 1.42 bits per heavy atom. The normalized spacial score (nSPS) is 11.8. The van der Waals surface area contributed by atoms with E-state index in [1.54, 1.807) is 24.7 Å². The molecule has 1 aromatic heterocycles. The lowest BCUT2D eigenvalue weighted by molar-refractivity contribution is -0.142. The van der Waals surface area contributed by atoms with Crippen molar-refractivity contribution in [2.45, 2.75) is 26.3 Å². The van der Waals surface area contributed by atoms with E-state index in [1.807, 2.05) is 0 Å². The van der Waals surface area contributed by atoms with E-state index in [0.717, 1.165) is 0 Å². The topological polar surface area (TPSA) is 77.4 Å². The lowest BCUT2D eigenvalue weighted by Crippen LogP contribution is -2.41. The van der Waals surface area contributed by atoms with Crippen LogP contribution < -0.4 is 5.32 Å². The van der Waals surface area contributed by atoms with Crippen molar-refractivity contribution in [3.05, 3.63) is 23.5 Å². The summed E-state index contributed by atoms with van der Waals surface area (Å²) in [6.45, 7) is 3.20. The van der Waals surface area contributed by atoms with Crippen LogP contribution in [0.1, 0.15) is 41.1 Å². The van der Waals surface area contributed by atoms with E-state index in [4.69, 9.17) is 0 Å². The Hall–Kier alpha value is -2.11. The number of hydrogen-bond acceptors (Lipinski definition) is 4. The summed E-state index contributed by atoms with van der Waals surface area (Å²) in [4.78, 5) is 34.7. The molecule has 1 unspecified atom stereocenters. The smallest absolute Gasteiger partial charge is 0.328 e. The van der Waals surface area contributed by atoms with Crippen molar-refractivity contribution in [3.63, 3.8) is 0 Å². The fourth-order valence-corrected chi connectivity index (χ4v) is 1.68. The maximum Gasteiger partial charge on any atom is 0.328 e. The van der Waals surface area contributed by atoms with Crippen molar-refractivity contribution in [2.24, 2.45) is 7.05 Å². The molecule has 0 aliphatic heterocycles. The predicted octanol–water partition coefficient (Wildman–Crippen LogP) is 0.909. The molecule has 0 saturated heterocycles. The van der Waals surface area contributed by atoms with Crippen LogP contribution in [0.2, 0.25) is 0 Å². The van der Waals surface area contributed by atoms with Crippen LogP contribution >= 0.6 is 0 Å². The second-order valence-electron chi connectivity index (χ2n) is 4.24. The third-order valence-corrected chi connectivity index (χ3v) is 2.84. The van der Waals surface area contributed by atoms with E-state index in [9.17, 15) is 14.4 Å². The van der Waals surface area contributed by atoms with Crippen LogP contribution in [-0.2, 0) is 16.6 Å². The van der Waals surface area contributed by atoms with Crippen molar-refractivity contribution in [3.8, 4) is 0 Å². The largest absolute Gasteiger partial charge is 0.467 e. The van der Waals surface area contributed by atoms with Gasteiger partial charge < -0.3 is 14.6 Å². The number of Topliss-reactive ketones (excluding diaryl/α,β-unsaturated/α-hetero) is 1. The van der Waals surface area contributed by atoms with Crippen molar-refractivity contribution < 1.29 is 19.1 Å². The molecule has 19 heavy (non-hydrogen) atoms. The van der Waals surface area contributed by atoms with Crippen LogP contribution in [-0.4, -0.2) is 35.4 Å². The average Bonchev–Trinajstić information content (AvgIpc) is 2.77. The van der Waals surface area contributed by atoms with Gasteiger partial charge in [0.2, 0.25) is 0 Å². The Morgan fingerprint density at radius 2 is 2.05 bits per heavy atom. The van der Waals surface area contributed by atoms with Crippen LogP contribution in [0.15, 0.2) is 12.3 Å². The standard InChI is InChI=1S/C13H18N2O4/c1-5-10(13(18)19-4)14-12(17)11-6-9(8(2)16)7-15(11)3/h6-7,10H,5H2,1-4H3,(H,14,17). The van der Waals surface area contributed by atoms with Crippen LogP contribution in [0.3, 0.4) is 0 Å². The highest BCUT2D eigenvalue weighted by Crippen LogP contribution is 2.09. The molecular weight excluding hydrogens is 248 g/mol. The molecule has 1 aromatic rings. The average molecular weight is 266 g/mol. The number of esters is 1. The Morgan fingerprint density at radius 3 is 2.47 bits per heavy atom. The maximum atomic E-state index is 12.0. The Balaban J connectivity index is 2.88. The molecule has 0 aromatic carbocycles. The van der Waals surface area contributed by atoms with Gasteiger partial charge in [-0.3, -0.25) is 9.59 Å². The second-order valence-corrected chi connectivity index (χ2v) is 4.24. The minimum absolute atomic E-state index is 0.116. The van der Waals surface area contributed by atoms with Crippen LogP contribution in [0.4, 0.5) is 0 Å². The molecule has 0 saturated carbocycles. The molecule has 0 radical (unpaired) electrons. The molecule has 0 fully saturated rings. The van der Waals surface area contributed by atoms with E-state index < -0.39 is 17.9 Å². The van der Waals surface area contributed by atoms with Gasteiger partial charge in [0.15, 0.2) is 5.78 Å². The lowest BCUT2D eigenvalue weighted by atomic mass is 10.2. The molecule has 6 nitrogen and oxygen atoms in total. The number of nitrogens with zero attached hydrogens (tertiary/aromatic N) is 1. The Labute approximate surface area is 111 Å². The molecule has 0 bridgehead atoms. The van der Waals surface area contributed by atoms with Crippen LogP contribution in [0, 0.1) is 0 Å². The third kappa shape index (κ3) is 3.43. The van der Waals surface area contributed by atoms with E-state index in [0.29, 0.717) is 17.7 Å². The number of carbonyl (C=O) groups is 3. The first-order valence-corrected chi connectivity index (χ1v) is 5.96. The van der Waals surface area contributed by atoms with Gasteiger partial charge in [0, 0.05) is 18.8 Å². The number of ketones is 1. The van der Waals surface area contributed by atoms with Gasteiger partial charge in [0.25, 0.3) is 5.91 Å². The summed E-state index contributed by atoms with van der Waals surface area (Å²) in [5.41, 5.74) is 0.784. The molecule has 0 spiro atoms. The van der Waals surface area contributed by atoms with Crippen LogP contribution in [0.25, 0.3) is 0 Å². The molecule has 6 heteroatoms. The summed E-state index contributed by atoms with van der Waals surface area (Å²) in [6.07, 6.45) is 2.01. The number of aromatic nitrogens is 1.